The Bertz CT molecular complexity index is 793. The zero-order valence-corrected chi connectivity index (χ0v) is 22.4. The van der Waals surface area contributed by atoms with Gasteiger partial charge in [0.05, 0.1) is 0 Å². The maximum Gasteiger partial charge on any atom is 0.319 e. The fraction of sp³-hybridized carbons (Fsp3) is 0.625. The summed E-state index contributed by atoms with van der Waals surface area (Å²) < 4.78 is 0. The van der Waals surface area contributed by atoms with E-state index in [1.54, 1.807) is 7.05 Å². The molecule has 33 heavy (non-hydrogen) atoms. The first-order valence-electron chi connectivity index (χ1n) is 11.9. The maximum atomic E-state index is 12.8. The van der Waals surface area contributed by atoms with E-state index >= 15 is 0 Å². The third kappa shape index (κ3) is 8.68. The average Bonchev–Trinajstić information content (AvgIpc) is 3.25. The van der Waals surface area contributed by atoms with Crippen molar-refractivity contribution in [2.24, 2.45) is 10.9 Å². The third-order valence-electron chi connectivity index (χ3n) is 6.11. The highest BCUT2D eigenvalue weighted by Gasteiger charge is 2.31. The van der Waals surface area contributed by atoms with E-state index in [-0.39, 0.29) is 48.0 Å². The van der Waals surface area contributed by atoms with E-state index in [0.717, 1.165) is 49.6 Å². The van der Waals surface area contributed by atoms with Crippen molar-refractivity contribution in [1.82, 2.24) is 20.9 Å². The zero-order chi connectivity index (χ0) is 22.9. The van der Waals surface area contributed by atoms with Gasteiger partial charge in [-0.3, -0.25) is 9.79 Å². The topological polar surface area (TPSA) is 97.9 Å². The molecular formula is C24H39IN6O2. The van der Waals surface area contributed by atoms with Gasteiger partial charge < -0.3 is 26.2 Å². The predicted molar refractivity (Wildman–Crippen MR) is 144 cm³/mol. The molecule has 1 heterocycles. The highest BCUT2D eigenvalue weighted by molar-refractivity contribution is 14.0. The first kappa shape index (κ1) is 27.2. The second-order valence-corrected chi connectivity index (χ2v) is 9.12. The summed E-state index contributed by atoms with van der Waals surface area (Å²) in [5.41, 5.74) is 1.84. The van der Waals surface area contributed by atoms with E-state index in [0.29, 0.717) is 12.5 Å². The van der Waals surface area contributed by atoms with Gasteiger partial charge in [0.15, 0.2) is 5.96 Å². The third-order valence-corrected chi connectivity index (χ3v) is 6.11. The fourth-order valence-corrected chi connectivity index (χ4v) is 4.40. The van der Waals surface area contributed by atoms with E-state index in [1.807, 2.05) is 43.0 Å². The molecule has 2 fully saturated rings. The number of benzene rings is 1. The predicted octanol–water partition coefficient (Wildman–Crippen LogP) is 3.68. The molecular weight excluding hydrogens is 531 g/mol. The lowest BCUT2D eigenvalue weighted by Crippen LogP contribution is -2.45. The van der Waals surface area contributed by atoms with Gasteiger partial charge in [0, 0.05) is 50.4 Å². The minimum Gasteiger partial charge on any atom is -0.352 e. The highest BCUT2D eigenvalue weighted by Crippen LogP contribution is 2.26. The number of aliphatic imine (C=N–C) groups is 1. The van der Waals surface area contributed by atoms with Gasteiger partial charge in [-0.25, -0.2) is 4.79 Å². The molecule has 2 aliphatic rings. The van der Waals surface area contributed by atoms with Crippen molar-refractivity contribution in [1.29, 1.82) is 0 Å². The van der Waals surface area contributed by atoms with E-state index in [4.69, 9.17) is 0 Å². The van der Waals surface area contributed by atoms with Crippen molar-refractivity contribution >= 4 is 47.6 Å². The second-order valence-electron chi connectivity index (χ2n) is 9.12. The zero-order valence-electron chi connectivity index (χ0n) is 20.0. The lowest BCUT2D eigenvalue weighted by molar-refractivity contribution is -0.135. The van der Waals surface area contributed by atoms with E-state index in [9.17, 15) is 9.59 Å². The Balaban J connectivity index is 0.00000385. The number of nitrogens with one attached hydrogen (secondary N) is 4. The monoisotopic (exact) mass is 570 g/mol. The Labute approximate surface area is 214 Å². The van der Waals surface area contributed by atoms with Gasteiger partial charge in [0.1, 0.15) is 0 Å². The summed E-state index contributed by atoms with van der Waals surface area (Å²) in [5, 5.41) is 12.4. The molecule has 1 aliphatic heterocycles. The molecule has 3 rings (SSSR count). The smallest absolute Gasteiger partial charge is 0.319 e. The molecule has 1 aromatic rings. The number of likely N-dealkylation sites (tertiary alicyclic amines) is 1. The van der Waals surface area contributed by atoms with Crippen molar-refractivity contribution < 1.29 is 9.59 Å². The molecule has 1 saturated heterocycles. The molecule has 184 valence electrons. The van der Waals surface area contributed by atoms with Gasteiger partial charge in [-0.15, -0.1) is 24.0 Å². The van der Waals surface area contributed by atoms with Crippen LogP contribution in [0.3, 0.4) is 0 Å². The van der Waals surface area contributed by atoms with Crippen LogP contribution in [0.4, 0.5) is 10.5 Å². The van der Waals surface area contributed by atoms with Crippen LogP contribution in [-0.2, 0) is 11.3 Å². The summed E-state index contributed by atoms with van der Waals surface area (Å²) in [6, 6.07) is 7.84. The first-order chi connectivity index (χ1) is 15.4. The van der Waals surface area contributed by atoms with Gasteiger partial charge >= 0.3 is 6.03 Å². The van der Waals surface area contributed by atoms with E-state index < -0.39 is 0 Å². The number of rotatable bonds is 6. The molecule has 0 bridgehead atoms. The fourth-order valence-electron chi connectivity index (χ4n) is 4.40. The van der Waals surface area contributed by atoms with Crippen LogP contribution in [0.5, 0.6) is 0 Å². The molecule has 4 N–H and O–H groups in total. The van der Waals surface area contributed by atoms with Crippen LogP contribution < -0.4 is 21.3 Å². The Hall–Kier alpha value is -2.04. The van der Waals surface area contributed by atoms with Crippen molar-refractivity contribution in [2.75, 3.05) is 25.5 Å². The largest absolute Gasteiger partial charge is 0.352 e. The van der Waals surface area contributed by atoms with Crippen LogP contribution in [0.15, 0.2) is 29.3 Å². The summed E-state index contributed by atoms with van der Waals surface area (Å²) in [6.07, 6.45) is 6.68. The molecule has 8 nitrogen and oxygen atoms in total. The lowest BCUT2D eigenvalue weighted by Gasteiger charge is -2.26. The quantitative estimate of drug-likeness (QED) is 0.238. The first-order valence-corrected chi connectivity index (χ1v) is 11.9. The Kier molecular flexibility index (Phi) is 11.2. The molecule has 1 saturated carbocycles. The Morgan fingerprint density at radius 1 is 1.09 bits per heavy atom. The van der Waals surface area contributed by atoms with Crippen LogP contribution in [0.2, 0.25) is 0 Å². The summed E-state index contributed by atoms with van der Waals surface area (Å²) >= 11 is 0. The van der Waals surface area contributed by atoms with Crippen molar-refractivity contribution in [3.05, 3.63) is 29.8 Å². The summed E-state index contributed by atoms with van der Waals surface area (Å²) in [4.78, 5) is 30.9. The van der Waals surface area contributed by atoms with Gasteiger partial charge in [0.2, 0.25) is 5.91 Å². The highest BCUT2D eigenvalue weighted by atomic mass is 127. The van der Waals surface area contributed by atoms with E-state index in [2.05, 4.69) is 26.3 Å². The molecule has 0 spiro atoms. The van der Waals surface area contributed by atoms with Crippen molar-refractivity contribution in [3.8, 4) is 0 Å². The minimum absolute atomic E-state index is 0. The van der Waals surface area contributed by atoms with Crippen molar-refractivity contribution in [2.45, 2.75) is 71.0 Å². The lowest BCUT2D eigenvalue weighted by atomic mass is 9.88. The number of nitrogens with zero attached hydrogens (tertiary/aromatic N) is 2. The number of amides is 3. The van der Waals surface area contributed by atoms with E-state index in [1.165, 1.54) is 19.3 Å². The van der Waals surface area contributed by atoms with Crippen LogP contribution >= 0.6 is 24.0 Å². The minimum atomic E-state index is -0.206. The van der Waals surface area contributed by atoms with Crippen LogP contribution in [0.1, 0.15) is 57.9 Å². The summed E-state index contributed by atoms with van der Waals surface area (Å²) in [6.45, 7) is 6.03. The number of hydrogen-bond donors (Lipinski definition) is 4. The van der Waals surface area contributed by atoms with Gasteiger partial charge in [-0.2, -0.15) is 0 Å². The molecule has 1 aliphatic carbocycles. The summed E-state index contributed by atoms with van der Waals surface area (Å²) in [5.74, 6) is 1.31. The van der Waals surface area contributed by atoms with Crippen molar-refractivity contribution in [3.63, 3.8) is 0 Å². The van der Waals surface area contributed by atoms with Crippen LogP contribution in [-0.4, -0.2) is 55.0 Å². The van der Waals surface area contributed by atoms with Gasteiger partial charge in [0.25, 0.3) is 0 Å². The van der Waals surface area contributed by atoms with Crippen LogP contribution in [0.25, 0.3) is 0 Å². The second kappa shape index (κ2) is 13.6. The molecule has 1 unspecified atom stereocenters. The van der Waals surface area contributed by atoms with Gasteiger partial charge in [-0.1, -0.05) is 31.4 Å². The summed E-state index contributed by atoms with van der Waals surface area (Å²) in [7, 11) is 1.76. The number of anilines is 1. The number of carbonyl (C=O) groups is 2. The number of halogens is 1. The molecule has 0 aromatic heterocycles. The average molecular weight is 571 g/mol. The van der Waals surface area contributed by atoms with Crippen LogP contribution in [0, 0.1) is 5.92 Å². The molecule has 9 heteroatoms. The standard InChI is InChI=1S/C24H38N6O2.HI/c1-17(2)27-24(32)29-20-11-9-18(10-12-20)15-26-23(25-3)28-21-13-14-30(16-21)22(31)19-7-5-4-6-8-19;/h9-12,17,19,21H,4-8,13-16H2,1-3H3,(H2,25,26,28)(H2,27,29,32);1H. The molecule has 0 radical (unpaired) electrons. The molecule has 3 amide bonds. The van der Waals surface area contributed by atoms with Gasteiger partial charge in [-0.05, 0) is 50.8 Å². The Morgan fingerprint density at radius 3 is 2.42 bits per heavy atom. The molecule has 1 atom stereocenters. The SMILES string of the molecule is CN=C(NCc1ccc(NC(=O)NC(C)C)cc1)NC1CCN(C(=O)C2CCCCC2)C1.I. The number of hydrogen-bond acceptors (Lipinski definition) is 3. The number of urea groups is 1. The number of guanidine groups is 1. The molecule has 1 aromatic carbocycles. The maximum absolute atomic E-state index is 12.8. The normalized spacial score (nSPS) is 19.1. The Morgan fingerprint density at radius 2 is 1.79 bits per heavy atom. The number of carbonyl (C=O) groups excluding carboxylic acids is 2.